The Labute approximate surface area is 185 Å². The van der Waals surface area contributed by atoms with Crippen molar-refractivity contribution >= 4 is 27.6 Å². The number of hydrogen-bond acceptors (Lipinski definition) is 6. The second-order valence-corrected chi connectivity index (χ2v) is 9.10. The lowest BCUT2D eigenvalue weighted by Gasteiger charge is -2.35. The number of rotatable bonds is 5. The van der Waals surface area contributed by atoms with E-state index < -0.39 is 15.8 Å². The van der Waals surface area contributed by atoms with E-state index in [2.05, 4.69) is 14.7 Å². The molecule has 0 atom stereocenters. The largest absolute Gasteiger partial charge is 0.337 e. The van der Waals surface area contributed by atoms with Crippen molar-refractivity contribution in [2.24, 2.45) is 0 Å². The highest BCUT2D eigenvalue weighted by Gasteiger charge is 2.26. The minimum absolute atomic E-state index is 0.0351. The Morgan fingerprint density at radius 1 is 1.00 bits per heavy atom. The third-order valence-electron chi connectivity index (χ3n) is 5.25. The summed E-state index contributed by atoms with van der Waals surface area (Å²) in [6.45, 7) is 3.88. The fourth-order valence-corrected chi connectivity index (χ4v) is 4.55. The fraction of sp³-hybridized carbons (Fsp3) is 0.227. The third-order valence-corrected chi connectivity index (χ3v) is 6.63. The molecule has 3 aromatic rings. The lowest BCUT2D eigenvalue weighted by Crippen LogP contribution is -2.49. The van der Waals surface area contributed by atoms with E-state index in [4.69, 9.17) is 0 Å². The molecule has 1 saturated heterocycles. The molecule has 4 rings (SSSR count). The number of piperazine rings is 1. The van der Waals surface area contributed by atoms with E-state index in [1.165, 1.54) is 36.4 Å². The highest BCUT2D eigenvalue weighted by atomic mass is 32.2. The number of carbonyl (C=O) groups excluding carboxylic acids is 1. The molecular formula is C22H22FN5O3S. The van der Waals surface area contributed by atoms with Gasteiger partial charge in [-0.15, -0.1) is 0 Å². The van der Waals surface area contributed by atoms with E-state index in [1.807, 2.05) is 4.90 Å². The highest BCUT2D eigenvalue weighted by molar-refractivity contribution is 7.92. The predicted molar refractivity (Wildman–Crippen MR) is 119 cm³/mol. The zero-order chi connectivity index (χ0) is 22.7. The topological polar surface area (TPSA) is 95.5 Å². The molecule has 1 amide bonds. The van der Waals surface area contributed by atoms with Crippen LogP contribution in [0.4, 0.5) is 16.0 Å². The summed E-state index contributed by atoms with van der Waals surface area (Å²) in [5.41, 5.74) is 1.25. The summed E-state index contributed by atoms with van der Waals surface area (Å²) in [5.74, 6) is -0.0687. The Kier molecular flexibility index (Phi) is 6.04. The van der Waals surface area contributed by atoms with E-state index in [0.717, 1.165) is 0 Å². The second kappa shape index (κ2) is 8.91. The third kappa shape index (κ3) is 4.70. The van der Waals surface area contributed by atoms with Crippen LogP contribution >= 0.6 is 0 Å². The van der Waals surface area contributed by atoms with E-state index in [-0.39, 0.29) is 16.5 Å². The number of benzene rings is 2. The maximum absolute atomic E-state index is 13.2. The van der Waals surface area contributed by atoms with Gasteiger partial charge in [0, 0.05) is 49.8 Å². The van der Waals surface area contributed by atoms with Crippen molar-refractivity contribution in [2.75, 3.05) is 35.8 Å². The van der Waals surface area contributed by atoms with E-state index >= 15 is 0 Å². The van der Waals surface area contributed by atoms with Crippen LogP contribution < -0.4 is 9.62 Å². The van der Waals surface area contributed by atoms with Crippen LogP contribution in [-0.4, -0.2) is 55.4 Å². The molecule has 1 aliphatic rings. The molecular weight excluding hydrogens is 433 g/mol. The van der Waals surface area contributed by atoms with Crippen LogP contribution in [0.15, 0.2) is 65.8 Å². The number of nitrogens with one attached hydrogen (secondary N) is 1. The summed E-state index contributed by atoms with van der Waals surface area (Å²) in [6.07, 6.45) is 3.35. The van der Waals surface area contributed by atoms with Crippen molar-refractivity contribution in [3.05, 3.63) is 77.9 Å². The molecule has 0 spiro atoms. The van der Waals surface area contributed by atoms with Gasteiger partial charge in [0.1, 0.15) is 5.82 Å². The second-order valence-electron chi connectivity index (χ2n) is 7.42. The number of nitrogens with zero attached hydrogens (tertiary/aromatic N) is 4. The summed E-state index contributed by atoms with van der Waals surface area (Å²) in [7, 11) is -3.94. The smallest absolute Gasteiger partial charge is 0.261 e. The molecule has 1 aliphatic heterocycles. The molecule has 1 aromatic heterocycles. The number of carbonyl (C=O) groups is 1. The van der Waals surface area contributed by atoms with Crippen molar-refractivity contribution in [1.29, 1.82) is 0 Å². The summed E-state index contributed by atoms with van der Waals surface area (Å²) in [4.78, 5) is 25.3. The lowest BCUT2D eigenvalue weighted by molar-refractivity contribution is 0.0745. The zero-order valence-corrected chi connectivity index (χ0v) is 18.2. The quantitative estimate of drug-likeness (QED) is 0.636. The van der Waals surface area contributed by atoms with Gasteiger partial charge in [0.2, 0.25) is 5.95 Å². The first-order valence-corrected chi connectivity index (χ1v) is 11.5. The fourth-order valence-electron chi connectivity index (χ4n) is 3.47. The number of aromatic nitrogens is 2. The number of halogens is 1. The normalized spacial score (nSPS) is 14.3. The summed E-state index contributed by atoms with van der Waals surface area (Å²) < 4.78 is 41.1. The first-order valence-electron chi connectivity index (χ1n) is 10.0. The van der Waals surface area contributed by atoms with Crippen LogP contribution in [0.2, 0.25) is 0 Å². The van der Waals surface area contributed by atoms with Gasteiger partial charge >= 0.3 is 0 Å². The maximum Gasteiger partial charge on any atom is 0.261 e. The molecule has 0 saturated carbocycles. The number of hydrogen-bond donors (Lipinski definition) is 1. The van der Waals surface area contributed by atoms with Crippen molar-refractivity contribution < 1.29 is 17.6 Å². The monoisotopic (exact) mass is 455 g/mol. The van der Waals surface area contributed by atoms with Crippen LogP contribution in [-0.2, 0) is 10.0 Å². The summed E-state index contributed by atoms with van der Waals surface area (Å²) >= 11 is 0. The maximum atomic E-state index is 13.2. The molecule has 8 nitrogen and oxygen atoms in total. The molecule has 0 radical (unpaired) electrons. The average molecular weight is 456 g/mol. The Balaban J connectivity index is 1.50. The average Bonchev–Trinajstić information content (AvgIpc) is 2.81. The van der Waals surface area contributed by atoms with Crippen molar-refractivity contribution in [2.45, 2.75) is 11.8 Å². The SMILES string of the molecule is Cc1ccc(S(=O)(=O)Nc2ccc(F)cc2)cc1C(=O)N1CCN(c2ncccn2)CC1. The molecule has 1 fully saturated rings. The Hall–Kier alpha value is -3.53. The minimum Gasteiger partial charge on any atom is -0.337 e. The molecule has 2 aromatic carbocycles. The number of anilines is 2. The Bertz CT molecular complexity index is 1210. The highest BCUT2D eigenvalue weighted by Crippen LogP contribution is 2.21. The minimum atomic E-state index is -3.94. The number of sulfonamides is 1. The molecule has 166 valence electrons. The van der Waals surface area contributed by atoms with Gasteiger partial charge in [-0.3, -0.25) is 9.52 Å². The van der Waals surface area contributed by atoms with Gasteiger partial charge in [0.15, 0.2) is 0 Å². The molecule has 10 heteroatoms. The van der Waals surface area contributed by atoms with Gasteiger partial charge in [-0.2, -0.15) is 0 Å². The standard InChI is InChI=1S/C22H22FN5O3S/c1-16-3-8-19(32(30,31)26-18-6-4-17(23)5-7-18)15-20(16)21(29)27-11-13-28(14-12-27)22-24-9-2-10-25-22/h2-10,15,26H,11-14H2,1H3. The molecule has 32 heavy (non-hydrogen) atoms. The van der Waals surface area contributed by atoms with Gasteiger partial charge in [0.05, 0.1) is 4.90 Å². The van der Waals surface area contributed by atoms with Crippen molar-refractivity contribution in [3.8, 4) is 0 Å². The van der Waals surface area contributed by atoms with Gasteiger partial charge < -0.3 is 9.80 Å². The van der Waals surface area contributed by atoms with Crippen LogP contribution in [0.3, 0.4) is 0 Å². The molecule has 0 aliphatic carbocycles. The molecule has 1 N–H and O–H groups in total. The molecule has 0 bridgehead atoms. The summed E-state index contributed by atoms with van der Waals surface area (Å²) in [6, 6.07) is 11.2. The van der Waals surface area contributed by atoms with Gasteiger partial charge in [0.25, 0.3) is 15.9 Å². The van der Waals surface area contributed by atoms with Crippen molar-refractivity contribution in [3.63, 3.8) is 0 Å². The van der Waals surface area contributed by atoms with Crippen LogP contribution in [0.5, 0.6) is 0 Å². The first kappa shape index (κ1) is 21.7. The number of amides is 1. The van der Waals surface area contributed by atoms with Crippen LogP contribution in [0.1, 0.15) is 15.9 Å². The lowest BCUT2D eigenvalue weighted by atomic mass is 10.1. The van der Waals surface area contributed by atoms with E-state index in [1.54, 1.807) is 36.4 Å². The first-order chi connectivity index (χ1) is 15.3. The van der Waals surface area contributed by atoms with Gasteiger partial charge in [-0.05, 0) is 55.0 Å². The van der Waals surface area contributed by atoms with Crippen molar-refractivity contribution in [1.82, 2.24) is 14.9 Å². The number of aryl methyl sites for hydroxylation is 1. The summed E-state index contributed by atoms with van der Waals surface area (Å²) in [5, 5.41) is 0. The molecule has 0 unspecified atom stereocenters. The zero-order valence-electron chi connectivity index (χ0n) is 17.4. The van der Waals surface area contributed by atoms with Gasteiger partial charge in [-0.1, -0.05) is 6.07 Å². The Morgan fingerprint density at radius 2 is 1.66 bits per heavy atom. The predicted octanol–water partition coefficient (Wildman–Crippen LogP) is 2.69. The van der Waals surface area contributed by atoms with Crippen LogP contribution in [0, 0.1) is 12.7 Å². The molecule has 2 heterocycles. The van der Waals surface area contributed by atoms with Crippen LogP contribution in [0.25, 0.3) is 0 Å². The Morgan fingerprint density at radius 3 is 2.31 bits per heavy atom. The van der Waals surface area contributed by atoms with E-state index in [9.17, 15) is 17.6 Å². The van der Waals surface area contributed by atoms with Gasteiger partial charge in [-0.25, -0.2) is 22.8 Å². The van der Waals surface area contributed by atoms with E-state index in [0.29, 0.717) is 43.3 Å².